The molecule has 2 aliphatic rings. The SMILES string of the molecule is CCN(C)C(=O)C1(CCCCN2CCN(C(=O)Cc3ccccc3)CC2)c2ccccc2-c2ccccc21. The lowest BCUT2D eigenvalue weighted by atomic mass is 9.73. The van der Waals surface area contributed by atoms with Crippen molar-refractivity contribution in [3.63, 3.8) is 0 Å². The van der Waals surface area contributed by atoms with Crippen LogP contribution in [-0.2, 0) is 21.4 Å². The Bertz CT molecular complexity index is 1220. The monoisotopic (exact) mass is 509 g/mol. The Morgan fingerprint density at radius 1 is 0.789 bits per heavy atom. The van der Waals surface area contributed by atoms with E-state index in [0.717, 1.165) is 68.7 Å². The first-order valence-electron chi connectivity index (χ1n) is 14.0. The summed E-state index contributed by atoms with van der Waals surface area (Å²) in [5, 5.41) is 0. The number of hydrogen-bond donors (Lipinski definition) is 0. The fourth-order valence-corrected chi connectivity index (χ4v) is 6.23. The second kappa shape index (κ2) is 11.5. The van der Waals surface area contributed by atoms with Crippen LogP contribution in [0.2, 0.25) is 0 Å². The number of benzene rings is 3. The van der Waals surface area contributed by atoms with Gasteiger partial charge in [0, 0.05) is 39.8 Å². The van der Waals surface area contributed by atoms with Crippen molar-refractivity contribution < 1.29 is 9.59 Å². The standard InChI is InChI=1S/C33H39N3O2/c1-3-34(2)32(38)33(29-17-9-7-15-27(29)28-16-8-10-18-30(28)33)19-11-12-20-35-21-23-36(24-22-35)31(37)25-26-13-5-4-6-14-26/h4-10,13-18H,3,11-12,19-25H2,1-2H3. The minimum Gasteiger partial charge on any atom is -0.345 e. The Hall–Kier alpha value is -3.44. The molecule has 0 N–H and O–H groups in total. The first kappa shape index (κ1) is 26.2. The number of hydrogen-bond acceptors (Lipinski definition) is 3. The quantitative estimate of drug-likeness (QED) is 0.382. The molecule has 1 heterocycles. The van der Waals surface area contributed by atoms with Crippen molar-refractivity contribution in [3.8, 4) is 11.1 Å². The molecule has 1 aliphatic carbocycles. The lowest BCUT2D eigenvalue weighted by Crippen LogP contribution is -2.49. The number of carbonyl (C=O) groups excluding carboxylic acids is 2. The average molecular weight is 510 g/mol. The lowest BCUT2D eigenvalue weighted by Gasteiger charge is -2.36. The fraction of sp³-hybridized carbons (Fsp3) is 0.394. The molecule has 0 atom stereocenters. The molecule has 38 heavy (non-hydrogen) atoms. The zero-order valence-corrected chi connectivity index (χ0v) is 22.7. The van der Waals surface area contributed by atoms with Crippen LogP contribution in [0.1, 0.15) is 42.9 Å². The highest BCUT2D eigenvalue weighted by Gasteiger charge is 2.49. The molecule has 1 fully saturated rings. The predicted molar refractivity (Wildman–Crippen MR) is 153 cm³/mol. The Labute approximate surface area is 227 Å². The molecule has 0 bridgehead atoms. The highest BCUT2D eigenvalue weighted by Crippen LogP contribution is 2.52. The van der Waals surface area contributed by atoms with Crippen LogP contribution in [-0.4, -0.2) is 72.8 Å². The first-order chi connectivity index (χ1) is 18.5. The van der Waals surface area contributed by atoms with Crippen LogP contribution >= 0.6 is 0 Å². The third kappa shape index (κ3) is 5.00. The number of likely N-dealkylation sites (N-methyl/N-ethyl adjacent to an activating group) is 1. The predicted octanol–water partition coefficient (Wildman–Crippen LogP) is 4.99. The zero-order valence-electron chi connectivity index (χ0n) is 22.7. The van der Waals surface area contributed by atoms with E-state index in [4.69, 9.17) is 0 Å². The number of unbranched alkanes of at least 4 members (excludes halogenated alkanes) is 1. The van der Waals surface area contributed by atoms with Crippen LogP contribution in [0.4, 0.5) is 0 Å². The van der Waals surface area contributed by atoms with Gasteiger partial charge >= 0.3 is 0 Å². The van der Waals surface area contributed by atoms with Crippen molar-refractivity contribution in [2.75, 3.05) is 46.3 Å². The first-order valence-corrected chi connectivity index (χ1v) is 14.0. The van der Waals surface area contributed by atoms with Crippen LogP contribution in [0.25, 0.3) is 11.1 Å². The summed E-state index contributed by atoms with van der Waals surface area (Å²) in [4.78, 5) is 33.1. The lowest BCUT2D eigenvalue weighted by molar-refractivity contribution is -0.134. The zero-order chi connectivity index (χ0) is 26.5. The van der Waals surface area contributed by atoms with Crippen LogP contribution < -0.4 is 0 Å². The molecule has 3 aromatic carbocycles. The Morgan fingerprint density at radius 2 is 1.37 bits per heavy atom. The number of carbonyl (C=O) groups is 2. The van der Waals surface area contributed by atoms with E-state index in [-0.39, 0.29) is 11.8 Å². The van der Waals surface area contributed by atoms with Gasteiger partial charge in [-0.3, -0.25) is 14.5 Å². The number of piperazine rings is 1. The van der Waals surface area contributed by atoms with E-state index in [1.54, 1.807) is 0 Å². The fourth-order valence-electron chi connectivity index (χ4n) is 6.23. The maximum atomic E-state index is 14.0. The molecular weight excluding hydrogens is 470 g/mol. The minimum absolute atomic E-state index is 0.197. The summed E-state index contributed by atoms with van der Waals surface area (Å²) in [5.74, 6) is 0.415. The summed E-state index contributed by atoms with van der Waals surface area (Å²) in [6.07, 6.45) is 3.29. The van der Waals surface area contributed by atoms with Gasteiger partial charge in [-0.2, -0.15) is 0 Å². The summed E-state index contributed by atoms with van der Waals surface area (Å²) in [5.41, 5.74) is 5.14. The third-order valence-electron chi connectivity index (χ3n) is 8.45. The maximum Gasteiger partial charge on any atom is 0.237 e. The van der Waals surface area contributed by atoms with E-state index in [0.29, 0.717) is 13.0 Å². The van der Waals surface area contributed by atoms with Gasteiger partial charge in [0.1, 0.15) is 5.41 Å². The maximum absolute atomic E-state index is 14.0. The summed E-state index contributed by atoms with van der Waals surface area (Å²) in [7, 11) is 1.92. The third-order valence-corrected chi connectivity index (χ3v) is 8.45. The van der Waals surface area contributed by atoms with Gasteiger partial charge in [-0.25, -0.2) is 0 Å². The second-order valence-electron chi connectivity index (χ2n) is 10.7. The highest BCUT2D eigenvalue weighted by atomic mass is 16.2. The molecule has 0 saturated carbocycles. The van der Waals surface area contributed by atoms with E-state index in [1.807, 2.05) is 54.1 Å². The van der Waals surface area contributed by atoms with Gasteiger partial charge < -0.3 is 9.80 Å². The van der Waals surface area contributed by atoms with Crippen molar-refractivity contribution in [1.82, 2.24) is 14.7 Å². The normalized spacial score (nSPS) is 16.1. The molecule has 0 spiro atoms. The van der Waals surface area contributed by atoms with E-state index in [2.05, 4.69) is 53.4 Å². The van der Waals surface area contributed by atoms with Crippen LogP contribution in [0.15, 0.2) is 78.9 Å². The van der Waals surface area contributed by atoms with Gasteiger partial charge in [-0.15, -0.1) is 0 Å². The topological polar surface area (TPSA) is 43.9 Å². The molecule has 198 valence electrons. The second-order valence-corrected chi connectivity index (χ2v) is 10.7. The number of fused-ring (bicyclic) bond motifs is 3. The van der Waals surface area contributed by atoms with Gasteiger partial charge in [-0.05, 0) is 54.1 Å². The Balaban J connectivity index is 1.21. The van der Waals surface area contributed by atoms with Gasteiger partial charge in [0.05, 0.1) is 6.42 Å². The molecule has 5 rings (SSSR count). The van der Waals surface area contributed by atoms with Crippen LogP contribution in [0.5, 0.6) is 0 Å². The van der Waals surface area contributed by atoms with Gasteiger partial charge in [-0.1, -0.05) is 85.3 Å². The van der Waals surface area contributed by atoms with E-state index >= 15 is 0 Å². The average Bonchev–Trinajstić information content (AvgIpc) is 3.26. The number of rotatable bonds is 9. The molecular formula is C33H39N3O2. The molecule has 5 heteroatoms. The smallest absolute Gasteiger partial charge is 0.237 e. The van der Waals surface area contributed by atoms with Crippen LogP contribution in [0.3, 0.4) is 0 Å². The van der Waals surface area contributed by atoms with Gasteiger partial charge in [0.2, 0.25) is 11.8 Å². The molecule has 0 unspecified atom stereocenters. The van der Waals surface area contributed by atoms with E-state index < -0.39 is 5.41 Å². The van der Waals surface area contributed by atoms with E-state index in [9.17, 15) is 9.59 Å². The minimum atomic E-state index is -0.625. The summed E-state index contributed by atoms with van der Waals surface area (Å²) in [6, 6.07) is 26.9. The molecule has 1 aliphatic heterocycles. The Morgan fingerprint density at radius 3 is 1.97 bits per heavy atom. The number of amides is 2. The summed E-state index contributed by atoms with van der Waals surface area (Å²) in [6.45, 7) is 7.13. The molecule has 0 aromatic heterocycles. The van der Waals surface area contributed by atoms with Gasteiger partial charge in [0.15, 0.2) is 0 Å². The molecule has 3 aromatic rings. The van der Waals surface area contributed by atoms with Crippen molar-refractivity contribution in [2.24, 2.45) is 0 Å². The molecule has 5 nitrogen and oxygen atoms in total. The van der Waals surface area contributed by atoms with Crippen molar-refractivity contribution >= 4 is 11.8 Å². The van der Waals surface area contributed by atoms with Crippen LogP contribution in [0, 0.1) is 0 Å². The Kier molecular flexibility index (Phi) is 7.94. The number of nitrogens with zero attached hydrogens (tertiary/aromatic N) is 3. The summed E-state index contributed by atoms with van der Waals surface area (Å²) < 4.78 is 0. The molecule has 0 radical (unpaired) electrons. The molecule has 2 amide bonds. The van der Waals surface area contributed by atoms with E-state index in [1.165, 1.54) is 11.1 Å². The summed E-state index contributed by atoms with van der Waals surface area (Å²) >= 11 is 0. The van der Waals surface area contributed by atoms with Gasteiger partial charge in [0.25, 0.3) is 0 Å². The molecule has 1 saturated heterocycles. The van der Waals surface area contributed by atoms with Crippen molar-refractivity contribution in [2.45, 2.75) is 38.0 Å². The highest BCUT2D eigenvalue weighted by molar-refractivity contribution is 6.00. The van der Waals surface area contributed by atoms with Crippen molar-refractivity contribution in [3.05, 3.63) is 95.6 Å². The van der Waals surface area contributed by atoms with Crippen molar-refractivity contribution in [1.29, 1.82) is 0 Å². The largest absolute Gasteiger partial charge is 0.345 e.